The molecular formula is C25H31ClN2O5. The number of benzene rings is 2. The highest BCUT2D eigenvalue weighted by molar-refractivity contribution is 6.30. The Kier molecular flexibility index (Phi) is 10.2. The Balaban J connectivity index is 0.00000122. The number of aliphatic carboxylic acids is 1. The van der Waals surface area contributed by atoms with Crippen LogP contribution in [0.5, 0.6) is 0 Å². The number of rotatable bonds is 7. The maximum atomic E-state index is 12.7. The van der Waals surface area contributed by atoms with E-state index in [4.69, 9.17) is 16.3 Å². The van der Waals surface area contributed by atoms with Gasteiger partial charge in [-0.25, -0.2) is 9.59 Å². The molecule has 0 saturated carbocycles. The lowest BCUT2D eigenvalue weighted by Crippen LogP contribution is -2.43. The fourth-order valence-corrected chi connectivity index (χ4v) is 3.69. The Morgan fingerprint density at radius 2 is 1.76 bits per heavy atom. The van der Waals surface area contributed by atoms with Gasteiger partial charge in [-0.15, -0.1) is 0 Å². The quantitative estimate of drug-likeness (QED) is 0.590. The van der Waals surface area contributed by atoms with E-state index in [2.05, 4.69) is 19.2 Å². The van der Waals surface area contributed by atoms with Crippen LogP contribution in [-0.2, 0) is 27.3 Å². The standard InChI is InChI=1S/C22H23ClN2O5.C3H8/c1-2-30-22(29)25-13-15-5-3-4-6-17(15)19(25)12-20(26)24-18(21(27)28)11-14-7-9-16(23)10-8-14;1-3-2/h3-10,18-19H,2,11-13H2,1H3,(H,24,26)(H,27,28);3H2,1-2H3. The van der Waals surface area contributed by atoms with Crippen LogP contribution in [0.25, 0.3) is 0 Å². The van der Waals surface area contributed by atoms with E-state index in [1.54, 1.807) is 31.2 Å². The number of carboxylic acids is 1. The van der Waals surface area contributed by atoms with Crippen molar-refractivity contribution in [3.8, 4) is 0 Å². The van der Waals surface area contributed by atoms with E-state index in [9.17, 15) is 19.5 Å². The Bertz CT molecular complexity index is 948. The highest BCUT2D eigenvalue weighted by Gasteiger charge is 2.36. The molecule has 7 nitrogen and oxygen atoms in total. The number of nitrogens with one attached hydrogen (secondary N) is 1. The molecule has 0 spiro atoms. The van der Waals surface area contributed by atoms with Crippen molar-refractivity contribution in [3.05, 3.63) is 70.2 Å². The van der Waals surface area contributed by atoms with E-state index in [1.165, 1.54) is 11.3 Å². The lowest BCUT2D eigenvalue weighted by atomic mass is 10.0. The van der Waals surface area contributed by atoms with E-state index < -0.39 is 30.1 Å². The fraction of sp³-hybridized carbons (Fsp3) is 0.400. The van der Waals surface area contributed by atoms with Gasteiger partial charge in [0, 0.05) is 18.0 Å². The van der Waals surface area contributed by atoms with Crippen LogP contribution in [0.15, 0.2) is 48.5 Å². The second-order valence-electron chi connectivity index (χ2n) is 7.74. The molecule has 0 bridgehead atoms. The van der Waals surface area contributed by atoms with E-state index in [-0.39, 0.29) is 19.4 Å². The predicted molar refractivity (Wildman–Crippen MR) is 127 cm³/mol. The summed E-state index contributed by atoms with van der Waals surface area (Å²) < 4.78 is 5.13. The molecule has 33 heavy (non-hydrogen) atoms. The van der Waals surface area contributed by atoms with Crippen LogP contribution in [0.1, 0.15) is 56.3 Å². The smallest absolute Gasteiger partial charge is 0.410 e. The number of hydrogen-bond acceptors (Lipinski definition) is 4. The summed E-state index contributed by atoms with van der Waals surface area (Å²) >= 11 is 5.86. The van der Waals surface area contributed by atoms with Crippen LogP contribution in [-0.4, -0.2) is 40.6 Å². The molecule has 178 valence electrons. The van der Waals surface area contributed by atoms with Crippen LogP contribution in [0.3, 0.4) is 0 Å². The summed E-state index contributed by atoms with van der Waals surface area (Å²) in [5.41, 5.74) is 2.55. The largest absolute Gasteiger partial charge is 0.480 e. The predicted octanol–water partition coefficient (Wildman–Crippen LogP) is 4.97. The summed E-state index contributed by atoms with van der Waals surface area (Å²) in [5, 5.41) is 12.7. The maximum Gasteiger partial charge on any atom is 0.410 e. The Hall–Kier alpha value is -3.06. The number of carboxylic acid groups (broad SMARTS) is 1. The zero-order valence-electron chi connectivity index (χ0n) is 19.2. The first-order chi connectivity index (χ1) is 15.8. The molecule has 1 heterocycles. The van der Waals surface area contributed by atoms with Crippen molar-refractivity contribution in [1.82, 2.24) is 10.2 Å². The van der Waals surface area contributed by atoms with Crippen LogP contribution in [0.4, 0.5) is 4.79 Å². The van der Waals surface area contributed by atoms with Gasteiger partial charge in [-0.1, -0.05) is 68.3 Å². The molecule has 0 aromatic heterocycles. The van der Waals surface area contributed by atoms with Gasteiger partial charge in [0.1, 0.15) is 6.04 Å². The Morgan fingerprint density at radius 3 is 2.36 bits per heavy atom. The van der Waals surface area contributed by atoms with Crippen molar-refractivity contribution in [2.75, 3.05) is 6.61 Å². The summed E-state index contributed by atoms with van der Waals surface area (Å²) in [7, 11) is 0. The SMILES string of the molecule is CCC.CCOC(=O)N1Cc2ccccc2C1CC(=O)NC(Cc1ccc(Cl)cc1)C(=O)O. The minimum atomic E-state index is -1.13. The van der Waals surface area contributed by atoms with Gasteiger partial charge in [0.25, 0.3) is 0 Å². The van der Waals surface area contributed by atoms with E-state index in [0.717, 1.165) is 16.7 Å². The second-order valence-corrected chi connectivity index (χ2v) is 8.18. The molecule has 0 saturated heterocycles. The lowest BCUT2D eigenvalue weighted by molar-refractivity contribution is -0.142. The molecule has 3 rings (SSSR count). The number of carbonyl (C=O) groups is 3. The van der Waals surface area contributed by atoms with Crippen molar-refractivity contribution in [1.29, 1.82) is 0 Å². The zero-order valence-corrected chi connectivity index (χ0v) is 20.0. The summed E-state index contributed by atoms with van der Waals surface area (Å²) in [6.07, 6.45) is 0.823. The second kappa shape index (κ2) is 12.8. The summed E-state index contributed by atoms with van der Waals surface area (Å²) in [4.78, 5) is 38.3. The molecule has 0 radical (unpaired) electrons. The molecule has 1 aliphatic heterocycles. The molecule has 2 aromatic rings. The third-order valence-corrected chi connectivity index (χ3v) is 5.25. The van der Waals surface area contributed by atoms with Crippen molar-refractivity contribution < 1.29 is 24.2 Å². The first-order valence-electron chi connectivity index (χ1n) is 11.1. The first-order valence-corrected chi connectivity index (χ1v) is 11.5. The van der Waals surface area contributed by atoms with Crippen molar-refractivity contribution in [3.63, 3.8) is 0 Å². The highest BCUT2D eigenvalue weighted by Crippen LogP contribution is 2.36. The monoisotopic (exact) mass is 474 g/mol. The average molecular weight is 475 g/mol. The average Bonchev–Trinajstić information content (AvgIpc) is 3.14. The molecular weight excluding hydrogens is 444 g/mol. The van der Waals surface area contributed by atoms with Crippen LogP contribution in [0, 0.1) is 0 Å². The highest BCUT2D eigenvalue weighted by atomic mass is 35.5. The van der Waals surface area contributed by atoms with Gasteiger partial charge >= 0.3 is 12.1 Å². The summed E-state index contributed by atoms with van der Waals surface area (Å²) in [6, 6.07) is 12.7. The van der Waals surface area contributed by atoms with E-state index in [1.807, 2.05) is 24.3 Å². The number of amides is 2. The van der Waals surface area contributed by atoms with Crippen molar-refractivity contribution in [2.24, 2.45) is 0 Å². The van der Waals surface area contributed by atoms with Crippen molar-refractivity contribution in [2.45, 2.75) is 58.7 Å². The van der Waals surface area contributed by atoms with Crippen LogP contribution < -0.4 is 5.32 Å². The molecule has 2 amide bonds. The zero-order chi connectivity index (χ0) is 24.4. The molecule has 0 fully saturated rings. The van der Waals surface area contributed by atoms with Gasteiger partial charge in [0.15, 0.2) is 0 Å². The van der Waals surface area contributed by atoms with Crippen molar-refractivity contribution >= 4 is 29.6 Å². The van der Waals surface area contributed by atoms with Gasteiger partial charge in [0.2, 0.25) is 5.91 Å². The number of fused-ring (bicyclic) bond motifs is 1. The molecule has 2 aromatic carbocycles. The third kappa shape index (κ3) is 7.49. The molecule has 8 heteroatoms. The lowest BCUT2D eigenvalue weighted by Gasteiger charge is -2.25. The van der Waals surface area contributed by atoms with Gasteiger partial charge in [0.05, 0.1) is 19.1 Å². The number of nitrogens with zero attached hydrogens (tertiary/aromatic N) is 1. The van der Waals surface area contributed by atoms with Gasteiger partial charge < -0.3 is 15.2 Å². The van der Waals surface area contributed by atoms with Gasteiger partial charge in [-0.05, 0) is 35.7 Å². The molecule has 2 N–H and O–H groups in total. The van der Waals surface area contributed by atoms with Crippen LogP contribution in [0.2, 0.25) is 5.02 Å². The Labute approximate surface area is 199 Å². The maximum absolute atomic E-state index is 12.7. The first kappa shape index (κ1) is 26.2. The van der Waals surface area contributed by atoms with E-state index >= 15 is 0 Å². The summed E-state index contributed by atoms with van der Waals surface area (Å²) in [6.45, 7) is 6.55. The summed E-state index contributed by atoms with van der Waals surface area (Å²) in [5.74, 6) is -1.58. The topological polar surface area (TPSA) is 95.9 Å². The number of ether oxygens (including phenoxy) is 1. The van der Waals surface area contributed by atoms with E-state index in [0.29, 0.717) is 11.6 Å². The third-order valence-electron chi connectivity index (χ3n) is 5.00. The van der Waals surface area contributed by atoms with Crippen LogP contribution >= 0.6 is 11.6 Å². The fourth-order valence-electron chi connectivity index (χ4n) is 3.57. The number of halogens is 1. The molecule has 0 aliphatic carbocycles. The molecule has 2 unspecified atom stereocenters. The Morgan fingerprint density at radius 1 is 1.12 bits per heavy atom. The molecule has 1 aliphatic rings. The minimum Gasteiger partial charge on any atom is -0.480 e. The number of hydrogen-bond donors (Lipinski definition) is 2. The van der Waals surface area contributed by atoms with Gasteiger partial charge in [-0.2, -0.15) is 0 Å². The van der Waals surface area contributed by atoms with Gasteiger partial charge in [-0.3, -0.25) is 9.69 Å². The minimum absolute atomic E-state index is 0.0553. The normalized spacial score (nSPS) is 15.0. The molecule has 2 atom stereocenters. The number of carbonyl (C=O) groups excluding carboxylic acids is 2.